The fourth-order valence-electron chi connectivity index (χ4n) is 1.28. The van der Waals surface area contributed by atoms with Gasteiger partial charge in [-0.3, -0.25) is 0 Å². The average molecular weight is 149 g/mol. The van der Waals surface area contributed by atoms with Crippen LogP contribution in [-0.4, -0.2) is 16.1 Å². The van der Waals surface area contributed by atoms with Gasteiger partial charge in [-0.25, -0.2) is 0 Å². The molecule has 1 nitrogen and oxygen atoms in total. The van der Waals surface area contributed by atoms with Gasteiger partial charge in [0.2, 0.25) is 0 Å². The van der Waals surface area contributed by atoms with Crippen molar-refractivity contribution in [1.82, 2.24) is 0 Å². The average Bonchev–Trinajstić information content (AvgIpc) is 1.77. The lowest BCUT2D eigenvalue weighted by Crippen LogP contribution is -2.36. The Kier molecular flexibility index (Phi) is 2.02. The topological polar surface area (TPSA) is 20.2 Å². The molecule has 0 heterocycles. The molecule has 2 atom stereocenters. The second-order valence-electron chi connectivity index (χ2n) is 3.04. The monoisotopic (exact) mass is 148 g/mol. The Balaban J connectivity index is 2.49. The molecular formula is C7H13ClO. The SMILES string of the molecule is C[C@]1(Cl)CCCC[C@@H]1O. The molecule has 2 heteroatoms. The Morgan fingerprint density at radius 1 is 1.56 bits per heavy atom. The predicted molar refractivity (Wildman–Crippen MR) is 38.7 cm³/mol. The number of aliphatic hydroxyl groups excluding tert-OH is 1. The second kappa shape index (κ2) is 2.47. The van der Waals surface area contributed by atoms with Crippen molar-refractivity contribution < 1.29 is 5.11 Å². The van der Waals surface area contributed by atoms with Crippen LogP contribution in [0.1, 0.15) is 32.6 Å². The highest BCUT2D eigenvalue weighted by molar-refractivity contribution is 6.24. The number of hydrogen-bond donors (Lipinski definition) is 1. The van der Waals surface area contributed by atoms with Crippen LogP contribution in [0.25, 0.3) is 0 Å². The molecule has 1 fully saturated rings. The first kappa shape index (κ1) is 7.36. The second-order valence-corrected chi connectivity index (χ2v) is 3.90. The van der Waals surface area contributed by atoms with E-state index < -0.39 is 0 Å². The predicted octanol–water partition coefficient (Wildman–Crippen LogP) is 1.92. The molecule has 0 spiro atoms. The minimum Gasteiger partial charge on any atom is -0.391 e. The van der Waals surface area contributed by atoms with Crippen molar-refractivity contribution in [1.29, 1.82) is 0 Å². The first-order chi connectivity index (χ1) is 4.13. The highest BCUT2D eigenvalue weighted by Crippen LogP contribution is 2.33. The van der Waals surface area contributed by atoms with E-state index >= 15 is 0 Å². The van der Waals surface area contributed by atoms with Crippen LogP contribution in [0.5, 0.6) is 0 Å². The molecule has 0 amide bonds. The molecule has 1 N–H and O–H groups in total. The molecule has 0 aromatic rings. The van der Waals surface area contributed by atoms with Gasteiger partial charge in [-0.15, -0.1) is 11.6 Å². The third-order valence-corrected chi connectivity index (χ3v) is 2.53. The van der Waals surface area contributed by atoms with Gasteiger partial charge in [0.25, 0.3) is 0 Å². The van der Waals surface area contributed by atoms with Crippen LogP contribution in [0.4, 0.5) is 0 Å². The Hall–Kier alpha value is 0.250. The third kappa shape index (κ3) is 1.59. The number of rotatable bonds is 0. The minimum absolute atomic E-state index is 0.284. The van der Waals surface area contributed by atoms with Crippen molar-refractivity contribution in [3.8, 4) is 0 Å². The fraction of sp³-hybridized carbons (Fsp3) is 1.00. The van der Waals surface area contributed by atoms with E-state index in [1.807, 2.05) is 6.92 Å². The van der Waals surface area contributed by atoms with Crippen LogP contribution in [0.2, 0.25) is 0 Å². The van der Waals surface area contributed by atoms with Crippen LogP contribution in [0, 0.1) is 0 Å². The molecule has 1 rings (SSSR count). The summed E-state index contributed by atoms with van der Waals surface area (Å²) in [4.78, 5) is -0.335. The largest absolute Gasteiger partial charge is 0.391 e. The molecule has 1 saturated carbocycles. The van der Waals surface area contributed by atoms with Crippen molar-refractivity contribution in [2.45, 2.75) is 43.6 Å². The summed E-state index contributed by atoms with van der Waals surface area (Å²) in [5.41, 5.74) is 0. The summed E-state index contributed by atoms with van der Waals surface area (Å²) in [6.07, 6.45) is 3.84. The molecular weight excluding hydrogens is 136 g/mol. The quantitative estimate of drug-likeness (QED) is 0.521. The zero-order chi connectivity index (χ0) is 6.91. The van der Waals surface area contributed by atoms with E-state index in [4.69, 9.17) is 11.6 Å². The van der Waals surface area contributed by atoms with Crippen LogP contribution < -0.4 is 0 Å². The summed E-state index contributed by atoms with van der Waals surface area (Å²) in [5, 5.41) is 9.30. The van der Waals surface area contributed by atoms with E-state index in [-0.39, 0.29) is 11.0 Å². The zero-order valence-electron chi connectivity index (χ0n) is 5.73. The van der Waals surface area contributed by atoms with Crippen LogP contribution >= 0.6 is 11.6 Å². The van der Waals surface area contributed by atoms with E-state index in [9.17, 15) is 5.11 Å². The Labute approximate surface area is 61.0 Å². The minimum atomic E-state index is -0.335. The highest BCUT2D eigenvalue weighted by Gasteiger charge is 2.32. The van der Waals surface area contributed by atoms with E-state index in [0.29, 0.717) is 0 Å². The first-order valence-corrected chi connectivity index (χ1v) is 3.88. The molecule has 9 heavy (non-hydrogen) atoms. The van der Waals surface area contributed by atoms with Crippen molar-refractivity contribution in [3.05, 3.63) is 0 Å². The molecule has 0 aromatic carbocycles. The maximum absolute atomic E-state index is 9.30. The molecule has 0 saturated heterocycles. The summed E-state index contributed by atoms with van der Waals surface area (Å²) in [6.45, 7) is 1.92. The summed E-state index contributed by atoms with van der Waals surface area (Å²) >= 11 is 5.97. The van der Waals surface area contributed by atoms with E-state index in [2.05, 4.69) is 0 Å². The molecule has 0 bridgehead atoms. The first-order valence-electron chi connectivity index (χ1n) is 3.50. The van der Waals surface area contributed by atoms with Gasteiger partial charge in [0.05, 0.1) is 11.0 Å². The summed E-state index contributed by atoms with van der Waals surface area (Å²) in [7, 11) is 0. The lowest BCUT2D eigenvalue weighted by atomic mass is 9.87. The number of alkyl halides is 1. The number of halogens is 1. The Morgan fingerprint density at radius 3 is 2.56 bits per heavy atom. The summed E-state index contributed by atoms with van der Waals surface area (Å²) in [5.74, 6) is 0. The normalized spacial score (nSPS) is 45.0. The van der Waals surface area contributed by atoms with Gasteiger partial charge in [-0.05, 0) is 19.8 Å². The van der Waals surface area contributed by atoms with Crippen molar-refractivity contribution in [2.24, 2.45) is 0 Å². The van der Waals surface area contributed by atoms with Gasteiger partial charge in [-0.2, -0.15) is 0 Å². The van der Waals surface area contributed by atoms with E-state index in [0.717, 1.165) is 25.7 Å². The van der Waals surface area contributed by atoms with Crippen molar-refractivity contribution >= 4 is 11.6 Å². The van der Waals surface area contributed by atoms with Gasteiger partial charge in [0, 0.05) is 0 Å². The highest BCUT2D eigenvalue weighted by atomic mass is 35.5. The smallest absolute Gasteiger partial charge is 0.0729 e. The summed E-state index contributed by atoms with van der Waals surface area (Å²) < 4.78 is 0. The molecule has 54 valence electrons. The lowest BCUT2D eigenvalue weighted by molar-refractivity contribution is 0.0946. The molecule has 0 aliphatic heterocycles. The standard InChI is InChI=1S/C7H13ClO/c1-7(8)5-3-2-4-6(7)9/h6,9H,2-5H2,1H3/t6-,7-/m0/s1. The number of hydrogen-bond acceptors (Lipinski definition) is 1. The van der Waals surface area contributed by atoms with E-state index in [1.54, 1.807) is 0 Å². The van der Waals surface area contributed by atoms with Gasteiger partial charge in [0.1, 0.15) is 0 Å². The van der Waals surface area contributed by atoms with Gasteiger partial charge in [0.15, 0.2) is 0 Å². The van der Waals surface area contributed by atoms with Crippen molar-refractivity contribution in [2.75, 3.05) is 0 Å². The molecule has 0 radical (unpaired) electrons. The van der Waals surface area contributed by atoms with Gasteiger partial charge >= 0.3 is 0 Å². The molecule has 0 unspecified atom stereocenters. The molecule has 0 aromatic heterocycles. The van der Waals surface area contributed by atoms with Crippen LogP contribution in [0.3, 0.4) is 0 Å². The van der Waals surface area contributed by atoms with Gasteiger partial charge in [-0.1, -0.05) is 12.8 Å². The maximum atomic E-state index is 9.30. The third-order valence-electron chi connectivity index (χ3n) is 2.09. The Morgan fingerprint density at radius 2 is 2.22 bits per heavy atom. The summed E-state index contributed by atoms with van der Waals surface area (Å²) in [6, 6.07) is 0. The zero-order valence-corrected chi connectivity index (χ0v) is 6.49. The fourth-order valence-corrected chi connectivity index (χ4v) is 1.52. The Bertz CT molecular complexity index is 101. The lowest BCUT2D eigenvalue weighted by Gasteiger charge is -2.32. The van der Waals surface area contributed by atoms with Gasteiger partial charge < -0.3 is 5.11 Å². The molecule has 1 aliphatic carbocycles. The van der Waals surface area contributed by atoms with Crippen LogP contribution in [0.15, 0.2) is 0 Å². The molecule has 1 aliphatic rings. The van der Waals surface area contributed by atoms with Crippen molar-refractivity contribution in [3.63, 3.8) is 0 Å². The van der Waals surface area contributed by atoms with Crippen LogP contribution in [-0.2, 0) is 0 Å². The maximum Gasteiger partial charge on any atom is 0.0729 e. The van der Waals surface area contributed by atoms with E-state index in [1.165, 1.54) is 0 Å². The number of aliphatic hydroxyl groups is 1.